The maximum Gasteiger partial charge on any atom is 0.328 e. The molecule has 0 aromatic rings. The molecule has 33 heavy (non-hydrogen) atoms. The molecule has 13 nitrogen and oxygen atoms in total. The van der Waals surface area contributed by atoms with Crippen LogP contribution in [-0.2, 0) is 19.2 Å². The van der Waals surface area contributed by atoms with Crippen molar-refractivity contribution < 1.29 is 29.4 Å². The van der Waals surface area contributed by atoms with Crippen molar-refractivity contribution in [3.8, 4) is 0 Å². The number of hydrogen-bond acceptors (Lipinski definition) is 7. The average molecular weight is 474 g/mol. The first kappa shape index (κ1) is 30.1. The summed E-state index contributed by atoms with van der Waals surface area (Å²) in [5, 5.41) is 25.6. The third-order valence-corrected chi connectivity index (χ3v) is 4.74. The van der Waals surface area contributed by atoms with Crippen LogP contribution in [0.25, 0.3) is 0 Å². The number of aliphatic hydroxyl groups is 1. The largest absolute Gasteiger partial charge is 0.480 e. The lowest BCUT2D eigenvalue weighted by Gasteiger charge is -2.26. The first-order valence-corrected chi connectivity index (χ1v) is 10.9. The molecule has 0 radical (unpaired) electrons. The summed E-state index contributed by atoms with van der Waals surface area (Å²) < 4.78 is 0. The van der Waals surface area contributed by atoms with Gasteiger partial charge in [-0.2, -0.15) is 0 Å². The van der Waals surface area contributed by atoms with Crippen molar-refractivity contribution in [2.45, 2.75) is 71.1 Å². The minimum Gasteiger partial charge on any atom is -0.480 e. The molecule has 190 valence electrons. The van der Waals surface area contributed by atoms with E-state index in [0.717, 1.165) is 0 Å². The zero-order valence-corrected chi connectivity index (χ0v) is 19.7. The Labute approximate surface area is 193 Å². The predicted molar refractivity (Wildman–Crippen MR) is 123 cm³/mol. The van der Waals surface area contributed by atoms with Gasteiger partial charge in [-0.1, -0.05) is 27.7 Å². The van der Waals surface area contributed by atoms with E-state index in [1.165, 1.54) is 0 Å². The molecule has 4 atom stereocenters. The first-order chi connectivity index (χ1) is 15.3. The van der Waals surface area contributed by atoms with Crippen molar-refractivity contribution in [3.63, 3.8) is 0 Å². The molecule has 0 aliphatic carbocycles. The fourth-order valence-electron chi connectivity index (χ4n) is 2.78. The lowest BCUT2D eigenvalue weighted by molar-refractivity contribution is -0.143. The number of carboxylic acids is 1. The van der Waals surface area contributed by atoms with Gasteiger partial charge in [-0.15, -0.1) is 0 Å². The molecule has 13 heteroatoms. The van der Waals surface area contributed by atoms with Crippen LogP contribution in [0.4, 0.5) is 0 Å². The van der Waals surface area contributed by atoms with Gasteiger partial charge >= 0.3 is 5.97 Å². The Morgan fingerprint density at radius 2 is 1.39 bits per heavy atom. The SMILES string of the molecule is CC(C)CC(NC(=O)C(CCCN=C(N)N)NC(=O)C(N)C(C)C)C(=O)NC(CO)C(=O)O. The summed E-state index contributed by atoms with van der Waals surface area (Å²) in [6.07, 6.45) is 0.735. The van der Waals surface area contributed by atoms with E-state index in [4.69, 9.17) is 27.4 Å². The van der Waals surface area contributed by atoms with Gasteiger partial charge < -0.3 is 43.4 Å². The number of nitrogens with two attached hydrogens (primary N) is 3. The van der Waals surface area contributed by atoms with Crippen LogP contribution in [0.3, 0.4) is 0 Å². The normalized spacial score (nSPS) is 14.7. The van der Waals surface area contributed by atoms with Gasteiger partial charge in [0.05, 0.1) is 12.6 Å². The van der Waals surface area contributed by atoms with E-state index in [-0.39, 0.29) is 37.2 Å². The smallest absolute Gasteiger partial charge is 0.328 e. The van der Waals surface area contributed by atoms with Crippen LogP contribution in [0.2, 0.25) is 0 Å². The van der Waals surface area contributed by atoms with Crippen molar-refractivity contribution in [2.24, 2.45) is 34.0 Å². The van der Waals surface area contributed by atoms with Gasteiger partial charge in [-0.05, 0) is 31.1 Å². The number of carboxylic acid groups (broad SMARTS) is 1. The molecule has 0 bridgehead atoms. The van der Waals surface area contributed by atoms with Gasteiger partial charge in [0.1, 0.15) is 18.1 Å². The molecular weight excluding hydrogens is 434 g/mol. The minimum atomic E-state index is -1.51. The molecule has 0 rings (SSSR count). The van der Waals surface area contributed by atoms with Gasteiger partial charge in [-0.3, -0.25) is 19.4 Å². The maximum absolute atomic E-state index is 13.0. The van der Waals surface area contributed by atoms with Crippen molar-refractivity contribution in [1.29, 1.82) is 0 Å². The highest BCUT2D eigenvalue weighted by atomic mass is 16.4. The van der Waals surface area contributed by atoms with E-state index in [2.05, 4.69) is 20.9 Å². The molecule has 0 heterocycles. The van der Waals surface area contributed by atoms with Crippen LogP contribution in [0.5, 0.6) is 0 Å². The number of carbonyl (C=O) groups is 4. The molecule has 0 aliphatic heterocycles. The van der Waals surface area contributed by atoms with E-state index in [1.807, 2.05) is 13.8 Å². The van der Waals surface area contributed by atoms with Crippen LogP contribution in [0, 0.1) is 11.8 Å². The topological polar surface area (TPSA) is 235 Å². The lowest BCUT2D eigenvalue weighted by Crippen LogP contribution is -2.58. The zero-order chi connectivity index (χ0) is 25.7. The summed E-state index contributed by atoms with van der Waals surface area (Å²) in [6.45, 7) is 6.60. The van der Waals surface area contributed by atoms with E-state index in [9.17, 15) is 19.2 Å². The summed E-state index contributed by atoms with van der Waals surface area (Å²) in [7, 11) is 0. The van der Waals surface area contributed by atoms with Gasteiger partial charge in [0.2, 0.25) is 17.7 Å². The molecule has 3 amide bonds. The first-order valence-electron chi connectivity index (χ1n) is 10.9. The number of aliphatic carboxylic acids is 1. The third kappa shape index (κ3) is 12.0. The number of rotatable bonds is 15. The number of nitrogens with one attached hydrogen (secondary N) is 3. The molecule has 0 aromatic heterocycles. The Bertz CT molecular complexity index is 694. The van der Waals surface area contributed by atoms with E-state index in [0.29, 0.717) is 6.42 Å². The van der Waals surface area contributed by atoms with E-state index in [1.54, 1.807) is 13.8 Å². The number of aliphatic imine (C=N–C) groups is 1. The zero-order valence-electron chi connectivity index (χ0n) is 19.7. The number of nitrogens with zero attached hydrogens (tertiary/aromatic N) is 1. The summed E-state index contributed by atoms with van der Waals surface area (Å²) in [6, 6.07) is -4.45. The fourth-order valence-corrected chi connectivity index (χ4v) is 2.78. The van der Waals surface area contributed by atoms with Gasteiger partial charge in [0.25, 0.3) is 0 Å². The highest BCUT2D eigenvalue weighted by molar-refractivity contribution is 5.94. The van der Waals surface area contributed by atoms with Crippen molar-refractivity contribution in [1.82, 2.24) is 16.0 Å². The van der Waals surface area contributed by atoms with Crippen LogP contribution in [0.15, 0.2) is 4.99 Å². The summed E-state index contributed by atoms with van der Waals surface area (Å²) in [5.41, 5.74) is 16.5. The predicted octanol–water partition coefficient (Wildman–Crippen LogP) is -2.40. The number of amides is 3. The van der Waals surface area contributed by atoms with Gasteiger partial charge in [0.15, 0.2) is 5.96 Å². The second-order valence-electron chi connectivity index (χ2n) is 8.55. The molecule has 0 saturated carbocycles. The van der Waals surface area contributed by atoms with Crippen LogP contribution < -0.4 is 33.2 Å². The van der Waals surface area contributed by atoms with Gasteiger partial charge in [0, 0.05) is 6.54 Å². The van der Waals surface area contributed by atoms with E-state index >= 15 is 0 Å². The molecular formula is C20H39N7O6. The Hall–Kier alpha value is -2.93. The minimum absolute atomic E-state index is 0.0253. The van der Waals surface area contributed by atoms with Crippen molar-refractivity contribution >= 4 is 29.7 Å². The Kier molecular flexibility index (Phi) is 13.7. The quantitative estimate of drug-likeness (QED) is 0.0717. The third-order valence-electron chi connectivity index (χ3n) is 4.74. The standard InChI is InChI=1S/C20H39N7O6/c1-10(2)8-13(17(30)27-14(9-28)19(32)33)26-16(29)12(6-5-7-24-20(22)23)25-18(31)15(21)11(3)4/h10-15,28H,5-9,21H2,1-4H3,(H,25,31)(H,26,29)(H,27,30)(H,32,33)(H4,22,23,24). The maximum atomic E-state index is 13.0. The number of hydrogen-bond donors (Lipinski definition) is 8. The van der Waals surface area contributed by atoms with E-state index < -0.39 is 54.5 Å². The van der Waals surface area contributed by atoms with Crippen molar-refractivity contribution in [3.05, 3.63) is 0 Å². The van der Waals surface area contributed by atoms with Crippen LogP contribution in [-0.4, -0.2) is 77.2 Å². The fraction of sp³-hybridized carbons (Fsp3) is 0.750. The molecule has 11 N–H and O–H groups in total. The molecule has 0 saturated heterocycles. The highest BCUT2D eigenvalue weighted by Gasteiger charge is 2.30. The summed E-state index contributed by atoms with van der Waals surface area (Å²) in [5.74, 6) is -3.63. The molecule has 0 aromatic carbocycles. The number of aliphatic hydroxyl groups excluding tert-OH is 1. The second-order valence-corrected chi connectivity index (χ2v) is 8.55. The molecule has 0 fully saturated rings. The van der Waals surface area contributed by atoms with Crippen molar-refractivity contribution in [2.75, 3.05) is 13.2 Å². The Morgan fingerprint density at radius 3 is 1.85 bits per heavy atom. The lowest BCUT2D eigenvalue weighted by atomic mass is 10.0. The molecule has 0 aliphatic rings. The second kappa shape index (κ2) is 15.0. The monoisotopic (exact) mass is 473 g/mol. The number of carbonyl (C=O) groups excluding carboxylic acids is 3. The summed E-state index contributed by atoms with van der Waals surface area (Å²) in [4.78, 5) is 53.0. The molecule has 0 spiro atoms. The highest BCUT2D eigenvalue weighted by Crippen LogP contribution is 2.08. The van der Waals surface area contributed by atoms with Crippen LogP contribution in [0.1, 0.15) is 47.0 Å². The Morgan fingerprint density at radius 1 is 0.879 bits per heavy atom. The molecule has 4 unspecified atom stereocenters. The summed E-state index contributed by atoms with van der Waals surface area (Å²) >= 11 is 0. The van der Waals surface area contributed by atoms with Gasteiger partial charge in [-0.25, -0.2) is 4.79 Å². The van der Waals surface area contributed by atoms with Crippen LogP contribution >= 0.6 is 0 Å². The Balaban J connectivity index is 5.52. The number of guanidine groups is 1. The average Bonchev–Trinajstić information content (AvgIpc) is 2.71.